The Labute approximate surface area is 125 Å². The number of benzene rings is 2. The van der Waals surface area contributed by atoms with Crippen LogP contribution in [0.4, 0.5) is 11.4 Å². The number of aliphatic imine (C=N–C) groups is 1. The van der Waals surface area contributed by atoms with Crippen molar-refractivity contribution in [2.75, 3.05) is 30.8 Å². The van der Waals surface area contributed by atoms with E-state index in [1.165, 1.54) is 11.3 Å². The quantitative estimate of drug-likeness (QED) is 0.856. The van der Waals surface area contributed by atoms with Crippen LogP contribution in [0.25, 0.3) is 6.08 Å². The summed E-state index contributed by atoms with van der Waals surface area (Å²) in [6, 6.07) is 16.2. The Morgan fingerprint density at radius 2 is 1.81 bits per heavy atom. The van der Waals surface area contributed by atoms with Gasteiger partial charge in [0, 0.05) is 30.5 Å². The Balaban J connectivity index is 1.97. The molecule has 0 radical (unpaired) electrons. The zero-order valence-electron chi connectivity index (χ0n) is 12.2. The smallest absolute Gasteiger partial charge is 0.0668 e. The molecule has 0 aromatic heterocycles. The van der Waals surface area contributed by atoms with Gasteiger partial charge in [-0.1, -0.05) is 42.5 Å². The number of allylic oxidation sites excluding steroid dienone is 1. The van der Waals surface area contributed by atoms with E-state index >= 15 is 0 Å². The van der Waals surface area contributed by atoms with Crippen LogP contribution in [0.1, 0.15) is 11.1 Å². The fourth-order valence-electron chi connectivity index (χ4n) is 2.52. The highest BCUT2D eigenvalue weighted by atomic mass is 15.1. The highest BCUT2D eigenvalue weighted by molar-refractivity contribution is 6.14. The molecule has 0 bridgehead atoms. The molecule has 3 rings (SSSR count). The third-order valence-corrected chi connectivity index (χ3v) is 3.73. The van der Waals surface area contributed by atoms with Gasteiger partial charge in [-0.15, -0.1) is 0 Å². The first kappa shape index (κ1) is 13.4. The molecule has 0 aliphatic carbocycles. The number of anilines is 2. The second kappa shape index (κ2) is 5.83. The Hall–Kier alpha value is -2.55. The molecule has 2 aromatic rings. The first-order valence-corrected chi connectivity index (χ1v) is 7.13. The van der Waals surface area contributed by atoms with Gasteiger partial charge >= 0.3 is 0 Å². The maximum absolute atomic E-state index is 5.98. The highest BCUT2D eigenvalue weighted by Gasteiger charge is 2.13. The van der Waals surface area contributed by atoms with Gasteiger partial charge in [-0.25, -0.2) is 0 Å². The first-order chi connectivity index (χ1) is 10.3. The number of rotatable bonds is 2. The summed E-state index contributed by atoms with van der Waals surface area (Å²) in [5, 5.41) is 0. The fourth-order valence-corrected chi connectivity index (χ4v) is 2.52. The van der Waals surface area contributed by atoms with Crippen LogP contribution in [0, 0.1) is 0 Å². The monoisotopic (exact) mass is 277 g/mol. The second-order valence-corrected chi connectivity index (χ2v) is 5.17. The summed E-state index contributed by atoms with van der Waals surface area (Å²) in [7, 11) is 2.11. The van der Waals surface area contributed by atoms with Gasteiger partial charge < -0.3 is 10.6 Å². The summed E-state index contributed by atoms with van der Waals surface area (Å²) in [4.78, 5) is 6.95. The molecule has 1 aliphatic heterocycles. The number of para-hydroxylation sites is 2. The van der Waals surface area contributed by atoms with Gasteiger partial charge in [0.1, 0.15) is 0 Å². The molecule has 0 saturated heterocycles. The average Bonchev–Trinajstić information content (AvgIpc) is 2.67. The van der Waals surface area contributed by atoms with Crippen molar-refractivity contribution in [3.05, 3.63) is 65.7 Å². The van der Waals surface area contributed by atoms with Gasteiger partial charge in [-0.3, -0.25) is 4.99 Å². The molecule has 3 heteroatoms. The molecule has 1 aliphatic rings. The Kier molecular flexibility index (Phi) is 3.73. The molecule has 0 fully saturated rings. The largest absolute Gasteiger partial charge is 0.398 e. The molecule has 2 N–H and O–H groups in total. The van der Waals surface area contributed by atoms with Crippen molar-refractivity contribution >= 4 is 23.2 Å². The van der Waals surface area contributed by atoms with Crippen LogP contribution in [0.15, 0.2) is 59.6 Å². The molecule has 0 amide bonds. The van der Waals surface area contributed by atoms with Crippen LogP contribution in [0.2, 0.25) is 0 Å². The van der Waals surface area contributed by atoms with Gasteiger partial charge in [0.05, 0.1) is 12.3 Å². The minimum atomic E-state index is 0.786. The van der Waals surface area contributed by atoms with Gasteiger partial charge in [0.2, 0.25) is 0 Å². The third-order valence-electron chi connectivity index (χ3n) is 3.73. The van der Waals surface area contributed by atoms with Crippen molar-refractivity contribution in [3.63, 3.8) is 0 Å². The van der Waals surface area contributed by atoms with Crippen LogP contribution in [-0.4, -0.2) is 25.8 Å². The lowest BCUT2D eigenvalue weighted by Crippen LogP contribution is -2.20. The normalized spacial score (nSPS) is 14.7. The fraction of sp³-hybridized carbons (Fsp3) is 0.167. The van der Waals surface area contributed by atoms with Crippen molar-refractivity contribution in [1.29, 1.82) is 0 Å². The molecule has 3 nitrogen and oxygen atoms in total. The molecule has 106 valence electrons. The number of nitrogens with two attached hydrogens (primary N) is 1. The number of hydrogen-bond donors (Lipinski definition) is 1. The molecule has 21 heavy (non-hydrogen) atoms. The molecule has 1 heterocycles. The van der Waals surface area contributed by atoms with Crippen LogP contribution in [-0.2, 0) is 0 Å². The van der Waals surface area contributed by atoms with Gasteiger partial charge in [0.25, 0.3) is 0 Å². The predicted octanol–water partition coefficient (Wildman–Crippen LogP) is 3.22. The maximum atomic E-state index is 5.98. The van der Waals surface area contributed by atoms with Crippen LogP contribution < -0.4 is 10.6 Å². The molecule has 0 atom stereocenters. The van der Waals surface area contributed by atoms with E-state index in [4.69, 9.17) is 10.7 Å². The van der Waals surface area contributed by atoms with E-state index in [2.05, 4.69) is 42.3 Å². The average molecular weight is 277 g/mol. The number of likely N-dealkylation sites (N-methyl/N-ethyl adjacent to an activating group) is 1. The van der Waals surface area contributed by atoms with Gasteiger partial charge in [-0.05, 0) is 23.8 Å². The van der Waals surface area contributed by atoms with Crippen LogP contribution in [0.5, 0.6) is 0 Å². The molecular formula is C18H19N3. The van der Waals surface area contributed by atoms with E-state index in [9.17, 15) is 0 Å². The van der Waals surface area contributed by atoms with Crippen molar-refractivity contribution in [1.82, 2.24) is 0 Å². The lowest BCUT2D eigenvalue weighted by Gasteiger charge is -2.18. The first-order valence-electron chi connectivity index (χ1n) is 7.13. The van der Waals surface area contributed by atoms with E-state index in [0.717, 1.165) is 30.1 Å². The SMILES string of the molecule is CN1CCN=C(/C=C/c2ccccc2N)c2ccccc21. The standard InChI is InChI=1S/C18H19N3/c1-21-13-12-20-17(15-7-3-5-9-18(15)21)11-10-14-6-2-4-8-16(14)19/h2-11H,12-13,19H2,1H3/b11-10+. The van der Waals surface area contributed by atoms with Crippen molar-refractivity contribution < 1.29 is 0 Å². The number of hydrogen-bond acceptors (Lipinski definition) is 3. The van der Waals surface area contributed by atoms with E-state index in [1.54, 1.807) is 0 Å². The summed E-state index contributed by atoms with van der Waals surface area (Å²) < 4.78 is 0. The zero-order valence-corrected chi connectivity index (χ0v) is 12.2. The number of benzodiazepines with no additional fused rings is 1. The molecule has 0 spiro atoms. The van der Waals surface area contributed by atoms with Gasteiger partial charge in [-0.2, -0.15) is 0 Å². The molecular weight excluding hydrogens is 258 g/mol. The lowest BCUT2D eigenvalue weighted by molar-refractivity contribution is 0.897. The zero-order chi connectivity index (χ0) is 14.7. The Morgan fingerprint density at radius 3 is 2.67 bits per heavy atom. The van der Waals surface area contributed by atoms with E-state index in [-0.39, 0.29) is 0 Å². The Bertz CT molecular complexity index is 701. The van der Waals surface area contributed by atoms with Crippen LogP contribution >= 0.6 is 0 Å². The summed E-state index contributed by atoms with van der Waals surface area (Å²) in [6.07, 6.45) is 4.10. The lowest BCUT2D eigenvalue weighted by atomic mass is 10.1. The second-order valence-electron chi connectivity index (χ2n) is 5.17. The molecule has 0 saturated carbocycles. The van der Waals surface area contributed by atoms with E-state index < -0.39 is 0 Å². The predicted molar refractivity (Wildman–Crippen MR) is 91.0 cm³/mol. The Morgan fingerprint density at radius 1 is 1.05 bits per heavy atom. The minimum absolute atomic E-state index is 0.786. The summed E-state index contributed by atoms with van der Waals surface area (Å²) >= 11 is 0. The molecule has 0 unspecified atom stereocenters. The van der Waals surface area contributed by atoms with Crippen molar-refractivity contribution in [2.24, 2.45) is 4.99 Å². The van der Waals surface area contributed by atoms with E-state index in [1.807, 2.05) is 30.3 Å². The summed E-state index contributed by atoms with van der Waals surface area (Å²) in [5.74, 6) is 0. The van der Waals surface area contributed by atoms with Crippen molar-refractivity contribution in [2.45, 2.75) is 0 Å². The maximum Gasteiger partial charge on any atom is 0.0668 e. The van der Waals surface area contributed by atoms with E-state index in [0.29, 0.717) is 0 Å². The van der Waals surface area contributed by atoms with Crippen molar-refractivity contribution in [3.8, 4) is 0 Å². The number of nitrogens with zero attached hydrogens (tertiary/aromatic N) is 2. The minimum Gasteiger partial charge on any atom is -0.398 e. The number of fused-ring (bicyclic) bond motifs is 1. The van der Waals surface area contributed by atoms with Gasteiger partial charge in [0.15, 0.2) is 0 Å². The third kappa shape index (κ3) is 2.82. The summed E-state index contributed by atoms with van der Waals surface area (Å²) in [5.41, 5.74) is 11.2. The topological polar surface area (TPSA) is 41.6 Å². The van der Waals surface area contributed by atoms with Crippen LogP contribution in [0.3, 0.4) is 0 Å². The number of nitrogen functional groups attached to an aromatic ring is 1. The summed E-state index contributed by atoms with van der Waals surface area (Å²) in [6.45, 7) is 1.73. The molecule has 2 aromatic carbocycles. The highest BCUT2D eigenvalue weighted by Crippen LogP contribution is 2.23.